The molecule has 0 unspecified atom stereocenters. The van der Waals surface area contributed by atoms with Crippen LogP contribution in [0.15, 0.2) is 24.3 Å². The Bertz CT molecular complexity index is 469. The molecule has 0 aliphatic carbocycles. The van der Waals surface area contributed by atoms with Crippen LogP contribution in [0, 0.1) is 0 Å². The fourth-order valence-electron chi connectivity index (χ4n) is 3.08. The van der Waals surface area contributed by atoms with Gasteiger partial charge >= 0.3 is 0 Å². The van der Waals surface area contributed by atoms with Crippen molar-refractivity contribution in [3.63, 3.8) is 0 Å². The SMILES string of the molecule is O=C(C[C@@H]1CCCO1)NC[C@H]1NCCc2ccccc21. The fourth-order valence-corrected chi connectivity index (χ4v) is 3.08. The fraction of sp³-hybridized carbons (Fsp3) is 0.562. The molecule has 0 saturated carbocycles. The summed E-state index contributed by atoms with van der Waals surface area (Å²) in [6.07, 6.45) is 3.78. The maximum Gasteiger partial charge on any atom is 0.222 e. The second-order valence-electron chi connectivity index (χ2n) is 5.60. The summed E-state index contributed by atoms with van der Waals surface area (Å²) < 4.78 is 5.50. The number of hydrogen-bond acceptors (Lipinski definition) is 3. The largest absolute Gasteiger partial charge is 0.378 e. The van der Waals surface area contributed by atoms with Crippen LogP contribution in [0.5, 0.6) is 0 Å². The van der Waals surface area contributed by atoms with E-state index in [2.05, 4.69) is 34.9 Å². The molecule has 2 N–H and O–H groups in total. The molecule has 1 amide bonds. The molecule has 0 aromatic heterocycles. The molecule has 4 heteroatoms. The second-order valence-corrected chi connectivity index (χ2v) is 5.60. The van der Waals surface area contributed by atoms with E-state index in [1.165, 1.54) is 11.1 Å². The highest BCUT2D eigenvalue weighted by molar-refractivity contribution is 5.76. The third-order valence-corrected chi connectivity index (χ3v) is 4.16. The zero-order valence-electron chi connectivity index (χ0n) is 11.7. The average molecular weight is 274 g/mol. The molecule has 1 fully saturated rings. The van der Waals surface area contributed by atoms with Crippen molar-refractivity contribution in [3.05, 3.63) is 35.4 Å². The lowest BCUT2D eigenvalue weighted by molar-refractivity contribution is -0.123. The Balaban J connectivity index is 1.52. The minimum absolute atomic E-state index is 0.0988. The van der Waals surface area contributed by atoms with Crippen molar-refractivity contribution in [2.75, 3.05) is 19.7 Å². The predicted octanol–water partition coefficient (Wildman–Crippen LogP) is 1.56. The number of carbonyl (C=O) groups excluding carboxylic acids is 1. The van der Waals surface area contributed by atoms with Gasteiger partial charge in [-0.05, 0) is 36.9 Å². The highest BCUT2D eigenvalue weighted by Crippen LogP contribution is 2.22. The number of carbonyl (C=O) groups is 1. The van der Waals surface area contributed by atoms with E-state index in [9.17, 15) is 4.79 Å². The van der Waals surface area contributed by atoms with Crippen molar-refractivity contribution in [2.24, 2.45) is 0 Å². The van der Waals surface area contributed by atoms with Crippen LogP contribution in [0.2, 0.25) is 0 Å². The van der Waals surface area contributed by atoms with Gasteiger partial charge in [0.2, 0.25) is 5.91 Å². The summed E-state index contributed by atoms with van der Waals surface area (Å²) in [6.45, 7) is 2.43. The van der Waals surface area contributed by atoms with Crippen molar-refractivity contribution >= 4 is 5.91 Å². The predicted molar refractivity (Wildman–Crippen MR) is 77.5 cm³/mol. The van der Waals surface area contributed by atoms with Gasteiger partial charge < -0.3 is 15.4 Å². The molecular weight excluding hydrogens is 252 g/mol. The van der Waals surface area contributed by atoms with Crippen LogP contribution in [-0.4, -0.2) is 31.7 Å². The molecule has 0 spiro atoms. The molecule has 1 aromatic carbocycles. The minimum Gasteiger partial charge on any atom is -0.378 e. The topological polar surface area (TPSA) is 50.4 Å². The van der Waals surface area contributed by atoms with Crippen LogP contribution < -0.4 is 10.6 Å². The second kappa shape index (κ2) is 6.37. The first-order chi connectivity index (χ1) is 9.83. The lowest BCUT2D eigenvalue weighted by Gasteiger charge is -2.27. The van der Waals surface area contributed by atoms with Crippen molar-refractivity contribution in [1.82, 2.24) is 10.6 Å². The standard InChI is InChI=1S/C16H22N2O2/c19-16(10-13-5-3-9-20-13)18-11-15-14-6-2-1-4-12(14)7-8-17-15/h1-2,4,6,13,15,17H,3,5,7-11H2,(H,18,19)/t13-,15+/m0/s1. The molecule has 20 heavy (non-hydrogen) atoms. The van der Waals surface area contributed by atoms with E-state index in [1.54, 1.807) is 0 Å². The van der Waals surface area contributed by atoms with Gasteiger partial charge in [-0.2, -0.15) is 0 Å². The quantitative estimate of drug-likeness (QED) is 0.876. The lowest BCUT2D eigenvalue weighted by Crippen LogP contribution is -2.39. The lowest BCUT2D eigenvalue weighted by atomic mass is 9.94. The number of fused-ring (bicyclic) bond motifs is 1. The summed E-state index contributed by atoms with van der Waals surface area (Å²) in [5, 5.41) is 6.52. The highest BCUT2D eigenvalue weighted by Gasteiger charge is 2.22. The number of benzene rings is 1. The Morgan fingerprint density at radius 1 is 1.40 bits per heavy atom. The summed E-state index contributed by atoms with van der Waals surface area (Å²) in [5.74, 6) is 0.0988. The van der Waals surface area contributed by atoms with Crippen molar-refractivity contribution < 1.29 is 9.53 Å². The normalized spacial score (nSPS) is 25.2. The van der Waals surface area contributed by atoms with Crippen LogP contribution >= 0.6 is 0 Å². The Hall–Kier alpha value is -1.39. The first-order valence-corrected chi connectivity index (χ1v) is 7.52. The summed E-state index contributed by atoms with van der Waals surface area (Å²) >= 11 is 0. The van der Waals surface area contributed by atoms with Gasteiger partial charge in [0.05, 0.1) is 12.5 Å². The zero-order chi connectivity index (χ0) is 13.8. The van der Waals surface area contributed by atoms with Gasteiger partial charge in [-0.1, -0.05) is 24.3 Å². The molecule has 2 heterocycles. The smallest absolute Gasteiger partial charge is 0.222 e. The van der Waals surface area contributed by atoms with E-state index in [-0.39, 0.29) is 18.1 Å². The number of hydrogen-bond donors (Lipinski definition) is 2. The third kappa shape index (κ3) is 3.19. The van der Waals surface area contributed by atoms with E-state index in [0.29, 0.717) is 13.0 Å². The third-order valence-electron chi connectivity index (χ3n) is 4.16. The van der Waals surface area contributed by atoms with Gasteiger partial charge in [0.25, 0.3) is 0 Å². The molecule has 108 valence electrons. The Morgan fingerprint density at radius 2 is 2.30 bits per heavy atom. The molecule has 2 aliphatic rings. The zero-order valence-corrected chi connectivity index (χ0v) is 11.7. The Labute approximate surface area is 119 Å². The van der Waals surface area contributed by atoms with Crippen LogP contribution in [0.1, 0.15) is 36.4 Å². The van der Waals surface area contributed by atoms with E-state index >= 15 is 0 Å². The van der Waals surface area contributed by atoms with E-state index < -0.39 is 0 Å². The number of amides is 1. The van der Waals surface area contributed by atoms with Crippen LogP contribution in [-0.2, 0) is 16.0 Å². The molecule has 1 aromatic rings. The maximum absolute atomic E-state index is 11.9. The average Bonchev–Trinajstić information content (AvgIpc) is 2.98. The van der Waals surface area contributed by atoms with Gasteiger partial charge in [-0.15, -0.1) is 0 Å². The molecule has 2 atom stereocenters. The molecule has 0 bridgehead atoms. The van der Waals surface area contributed by atoms with Gasteiger partial charge in [0.1, 0.15) is 0 Å². The molecule has 1 saturated heterocycles. The summed E-state index contributed by atoms with van der Waals surface area (Å²) in [6, 6.07) is 8.70. The first-order valence-electron chi connectivity index (χ1n) is 7.52. The van der Waals surface area contributed by atoms with Crippen molar-refractivity contribution in [1.29, 1.82) is 0 Å². The van der Waals surface area contributed by atoms with E-state index in [4.69, 9.17) is 4.74 Å². The number of nitrogens with one attached hydrogen (secondary N) is 2. The molecule has 4 nitrogen and oxygen atoms in total. The highest BCUT2D eigenvalue weighted by atomic mass is 16.5. The van der Waals surface area contributed by atoms with Crippen LogP contribution in [0.25, 0.3) is 0 Å². The summed E-state index contributed by atoms with van der Waals surface area (Å²) in [5.41, 5.74) is 2.71. The molecule has 2 aliphatic heterocycles. The van der Waals surface area contributed by atoms with Crippen LogP contribution in [0.4, 0.5) is 0 Å². The van der Waals surface area contributed by atoms with Gasteiger partial charge in [-0.3, -0.25) is 4.79 Å². The molecular formula is C16H22N2O2. The van der Waals surface area contributed by atoms with Crippen molar-refractivity contribution in [3.8, 4) is 0 Å². The van der Waals surface area contributed by atoms with Crippen molar-refractivity contribution in [2.45, 2.75) is 37.8 Å². The molecule has 3 rings (SSSR count). The van der Waals surface area contributed by atoms with E-state index in [1.807, 2.05) is 0 Å². The summed E-state index contributed by atoms with van der Waals surface area (Å²) in [4.78, 5) is 11.9. The number of ether oxygens (including phenoxy) is 1. The van der Waals surface area contributed by atoms with Gasteiger partial charge in [0.15, 0.2) is 0 Å². The molecule has 0 radical (unpaired) electrons. The maximum atomic E-state index is 11.9. The minimum atomic E-state index is 0.0988. The Kier molecular flexibility index (Phi) is 4.33. The number of rotatable bonds is 4. The van der Waals surface area contributed by atoms with Gasteiger partial charge in [-0.25, -0.2) is 0 Å². The van der Waals surface area contributed by atoms with E-state index in [0.717, 1.165) is 32.4 Å². The van der Waals surface area contributed by atoms with Gasteiger partial charge in [0, 0.05) is 19.2 Å². The first kappa shape index (κ1) is 13.6. The monoisotopic (exact) mass is 274 g/mol. The van der Waals surface area contributed by atoms with Crippen LogP contribution in [0.3, 0.4) is 0 Å². The summed E-state index contributed by atoms with van der Waals surface area (Å²) in [7, 11) is 0. The Morgan fingerprint density at radius 3 is 3.15 bits per heavy atom.